The van der Waals surface area contributed by atoms with Gasteiger partial charge in [0, 0.05) is 17.3 Å². The first-order valence-electron chi connectivity index (χ1n) is 5.75. The average molecular weight is 246 g/mol. The largest absolute Gasteiger partial charge is 0.308 e. The van der Waals surface area contributed by atoms with Gasteiger partial charge in [0.15, 0.2) is 5.82 Å². The monoisotopic (exact) mass is 246 g/mol. The van der Waals surface area contributed by atoms with E-state index in [-0.39, 0.29) is 5.82 Å². The number of rotatable bonds is 3. The Morgan fingerprint density at radius 1 is 1.28 bits per heavy atom. The Balaban J connectivity index is 2.51. The summed E-state index contributed by atoms with van der Waals surface area (Å²) in [6.07, 6.45) is 0.782. The molecule has 0 radical (unpaired) electrons. The van der Waals surface area contributed by atoms with Crippen molar-refractivity contribution in [2.75, 3.05) is 5.43 Å². The zero-order valence-corrected chi connectivity index (χ0v) is 10.4. The normalized spacial score (nSPS) is 10.4. The fourth-order valence-corrected chi connectivity index (χ4v) is 1.67. The molecule has 0 unspecified atom stereocenters. The molecule has 3 N–H and O–H groups in total. The number of anilines is 1. The maximum absolute atomic E-state index is 13.2. The molecular formula is C13H15FN4. The molecule has 2 rings (SSSR count). The summed E-state index contributed by atoms with van der Waals surface area (Å²) in [6, 6.07) is 6.60. The predicted octanol–water partition coefficient (Wildman–Crippen LogP) is 2.44. The van der Waals surface area contributed by atoms with Crippen LogP contribution in [0.25, 0.3) is 11.4 Å². The van der Waals surface area contributed by atoms with Gasteiger partial charge in [0.25, 0.3) is 0 Å². The van der Waals surface area contributed by atoms with Crippen LogP contribution in [0, 0.1) is 12.7 Å². The number of nitrogens with two attached hydrogens (primary N) is 1. The van der Waals surface area contributed by atoms with Crippen LogP contribution >= 0.6 is 0 Å². The van der Waals surface area contributed by atoms with Crippen molar-refractivity contribution in [3.8, 4) is 11.4 Å². The van der Waals surface area contributed by atoms with E-state index in [1.54, 1.807) is 25.1 Å². The number of nitrogen functional groups attached to an aromatic ring is 1. The van der Waals surface area contributed by atoms with Gasteiger partial charge in [-0.3, -0.25) is 0 Å². The van der Waals surface area contributed by atoms with Crippen LogP contribution in [0.2, 0.25) is 0 Å². The van der Waals surface area contributed by atoms with Gasteiger partial charge in [-0.2, -0.15) is 0 Å². The minimum Gasteiger partial charge on any atom is -0.308 e. The van der Waals surface area contributed by atoms with Gasteiger partial charge in [0.2, 0.25) is 0 Å². The maximum atomic E-state index is 13.2. The molecule has 0 spiro atoms. The molecule has 0 fully saturated rings. The van der Waals surface area contributed by atoms with Crippen LogP contribution in [0.1, 0.15) is 18.2 Å². The zero-order valence-electron chi connectivity index (χ0n) is 10.4. The Hall–Kier alpha value is -2.01. The standard InChI is InChI=1S/C13H15FN4/c1-3-10-7-12(18-15)17-13(16-10)9-4-5-11(14)8(2)6-9/h4-7H,3,15H2,1-2H3,(H,16,17,18). The zero-order chi connectivity index (χ0) is 13.1. The highest BCUT2D eigenvalue weighted by molar-refractivity contribution is 5.58. The molecule has 0 aliphatic rings. The number of nitrogens with one attached hydrogen (secondary N) is 1. The summed E-state index contributed by atoms with van der Waals surface area (Å²) in [7, 11) is 0. The molecular weight excluding hydrogens is 231 g/mol. The lowest BCUT2D eigenvalue weighted by molar-refractivity contribution is 0.618. The Morgan fingerprint density at radius 3 is 2.67 bits per heavy atom. The van der Waals surface area contributed by atoms with Gasteiger partial charge in [-0.25, -0.2) is 20.2 Å². The first kappa shape index (κ1) is 12.4. The molecule has 5 heteroatoms. The molecule has 18 heavy (non-hydrogen) atoms. The SMILES string of the molecule is CCc1cc(NN)nc(-c2ccc(F)c(C)c2)n1. The lowest BCUT2D eigenvalue weighted by atomic mass is 10.1. The van der Waals surface area contributed by atoms with Crippen molar-refractivity contribution in [3.05, 3.63) is 41.3 Å². The first-order chi connectivity index (χ1) is 8.63. The number of hydrazine groups is 1. The highest BCUT2D eigenvalue weighted by Crippen LogP contribution is 2.20. The number of aryl methyl sites for hydroxylation is 2. The van der Waals surface area contributed by atoms with Crippen molar-refractivity contribution in [1.82, 2.24) is 9.97 Å². The second kappa shape index (κ2) is 5.10. The fourth-order valence-electron chi connectivity index (χ4n) is 1.67. The summed E-state index contributed by atoms with van der Waals surface area (Å²) in [5.41, 5.74) is 4.74. The third-order valence-electron chi connectivity index (χ3n) is 2.71. The lowest BCUT2D eigenvalue weighted by Crippen LogP contribution is -2.10. The van der Waals surface area contributed by atoms with E-state index in [2.05, 4.69) is 15.4 Å². The number of hydrogen-bond acceptors (Lipinski definition) is 4. The van der Waals surface area contributed by atoms with Crippen LogP contribution in [-0.2, 0) is 6.42 Å². The predicted molar refractivity (Wildman–Crippen MR) is 69.4 cm³/mol. The number of aromatic nitrogens is 2. The second-order valence-electron chi connectivity index (χ2n) is 4.03. The Morgan fingerprint density at radius 2 is 2.06 bits per heavy atom. The first-order valence-corrected chi connectivity index (χ1v) is 5.75. The van der Waals surface area contributed by atoms with Gasteiger partial charge in [0.05, 0.1) is 0 Å². The van der Waals surface area contributed by atoms with Crippen molar-refractivity contribution < 1.29 is 4.39 Å². The molecule has 0 saturated heterocycles. The van der Waals surface area contributed by atoms with Gasteiger partial charge in [-0.05, 0) is 37.1 Å². The van der Waals surface area contributed by atoms with Crippen molar-refractivity contribution in [2.24, 2.45) is 5.84 Å². The fraction of sp³-hybridized carbons (Fsp3) is 0.231. The van der Waals surface area contributed by atoms with Crippen LogP contribution in [0.4, 0.5) is 10.2 Å². The topological polar surface area (TPSA) is 63.8 Å². The molecule has 0 aliphatic carbocycles. The molecule has 1 aromatic carbocycles. The summed E-state index contributed by atoms with van der Waals surface area (Å²) in [6.45, 7) is 3.72. The van der Waals surface area contributed by atoms with Gasteiger partial charge in [-0.15, -0.1) is 0 Å². The van der Waals surface area contributed by atoms with E-state index in [0.29, 0.717) is 17.2 Å². The van der Waals surface area contributed by atoms with Crippen LogP contribution in [0.15, 0.2) is 24.3 Å². The molecule has 0 saturated carbocycles. The van der Waals surface area contributed by atoms with E-state index >= 15 is 0 Å². The number of benzene rings is 1. The van der Waals surface area contributed by atoms with Crippen molar-refractivity contribution in [3.63, 3.8) is 0 Å². The minimum absolute atomic E-state index is 0.234. The van der Waals surface area contributed by atoms with Gasteiger partial charge in [-0.1, -0.05) is 6.92 Å². The molecule has 0 aliphatic heterocycles. The highest BCUT2D eigenvalue weighted by atomic mass is 19.1. The lowest BCUT2D eigenvalue weighted by Gasteiger charge is -2.07. The summed E-state index contributed by atoms with van der Waals surface area (Å²) < 4.78 is 13.2. The van der Waals surface area contributed by atoms with Crippen molar-refractivity contribution >= 4 is 5.82 Å². The quantitative estimate of drug-likeness (QED) is 0.645. The van der Waals surface area contributed by atoms with E-state index in [9.17, 15) is 4.39 Å². The van der Waals surface area contributed by atoms with Crippen molar-refractivity contribution in [2.45, 2.75) is 20.3 Å². The number of nitrogens with zero attached hydrogens (tertiary/aromatic N) is 2. The van der Waals surface area contributed by atoms with Gasteiger partial charge >= 0.3 is 0 Å². The number of hydrogen-bond donors (Lipinski definition) is 2. The molecule has 2 aromatic rings. The molecule has 1 aromatic heterocycles. The Kier molecular flexibility index (Phi) is 3.53. The number of halogens is 1. The van der Waals surface area contributed by atoms with E-state index in [4.69, 9.17) is 5.84 Å². The average Bonchev–Trinajstić information content (AvgIpc) is 2.41. The van der Waals surface area contributed by atoms with Crippen LogP contribution in [-0.4, -0.2) is 9.97 Å². The summed E-state index contributed by atoms with van der Waals surface area (Å²) in [5, 5.41) is 0. The highest BCUT2D eigenvalue weighted by Gasteiger charge is 2.07. The Bertz CT molecular complexity index is 547. The molecule has 94 valence electrons. The molecule has 0 atom stereocenters. The maximum Gasteiger partial charge on any atom is 0.161 e. The summed E-state index contributed by atoms with van der Waals surface area (Å²) in [5.74, 6) is 6.24. The van der Waals surface area contributed by atoms with E-state index < -0.39 is 0 Å². The summed E-state index contributed by atoms with van der Waals surface area (Å²) >= 11 is 0. The third-order valence-corrected chi connectivity index (χ3v) is 2.71. The molecule has 0 bridgehead atoms. The van der Waals surface area contributed by atoms with E-state index in [1.165, 1.54) is 6.07 Å². The van der Waals surface area contributed by atoms with Crippen LogP contribution < -0.4 is 11.3 Å². The smallest absolute Gasteiger partial charge is 0.161 e. The molecule has 4 nitrogen and oxygen atoms in total. The van der Waals surface area contributed by atoms with E-state index in [0.717, 1.165) is 17.7 Å². The van der Waals surface area contributed by atoms with Gasteiger partial charge in [0.1, 0.15) is 11.6 Å². The van der Waals surface area contributed by atoms with Gasteiger partial charge < -0.3 is 5.43 Å². The Labute approximate surface area is 105 Å². The summed E-state index contributed by atoms with van der Waals surface area (Å²) in [4.78, 5) is 8.68. The second-order valence-corrected chi connectivity index (χ2v) is 4.03. The third kappa shape index (κ3) is 2.46. The van der Waals surface area contributed by atoms with E-state index in [1.807, 2.05) is 6.92 Å². The van der Waals surface area contributed by atoms with Crippen LogP contribution in [0.3, 0.4) is 0 Å². The minimum atomic E-state index is -0.234. The molecule has 1 heterocycles. The molecule has 0 amide bonds. The van der Waals surface area contributed by atoms with Crippen molar-refractivity contribution in [1.29, 1.82) is 0 Å². The van der Waals surface area contributed by atoms with Crippen LogP contribution in [0.5, 0.6) is 0 Å².